The zero-order chi connectivity index (χ0) is 15.9. The fourth-order valence-electron chi connectivity index (χ4n) is 2.48. The van der Waals surface area contributed by atoms with Gasteiger partial charge in [-0.05, 0) is 24.1 Å². The van der Waals surface area contributed by atoms with Crippen LogP contribution in [-0.2, 0) is 19.1 Å². The molecule has 1 aliphatic rings. The lowest BCUT2D eigenvalue weighted by molar-refractivity contribution is -0.137. The second-order valence-electron chi connectivity index (χ2n) is 4.93. The normalized spacial score (nSPS) is 14.5. The Morgan fingerprint density at radius 1 is 1.36 bits per heavy atom. The Labute approximate surface area is 128 Å². The third-order valence-corrected chi connectivity index (χ3v) is 4.64. The minimum atomic E-state index is -4.38. The molecule has 3 rings (SSSR count). The van der Waals surface area contributed by atoms with E-state index in [1.54, 1.807) is 0 Å². The predicted octanol–water partition coefficient (Wildman–Crippen LogP) is 3.18. The van der Waals surface area contributed by atoms with Gasteiger partial charge in [0.1, 0.15) is 16.9 Å². The molecular formula is C14H11F3N4S. The van der Waals surface area contributed by atoms with Crippen molar-refractivity contribution < 1.29 is 13.2 Å². The first kappa shape index (κ1) is 14.7. The fraction of sp³-hybridized carbons (Fsp3) is 0.286. The van der Waals surface area contributed by atoms with Gasteiger partial charge < -0.3 is 10.6 Å². The Balaban J connectivity index is 1.85. The monoisotopic (exact) mass is 324 g/mol. The number of nitrogens with zero attached hydrogens (tertiary/aromatic N) is 3. The molecule has 0 saturated heterocycles. The third kappa shape index (κ3) is 2.48. The Morgan fingerprint density at radius 2 is 2.14 bits per heavy atom. The summed E-state index contributed by atoms with van der Waals surface area (Å²) >= 11 is 1.35. The summed E-state index contributed by atoms with van der Waals surface area (Å²) in [4.78, 5) is 6.77. The number of hydrogen-bond acceptors (Lipinski definition) is 5. The maximum atomic E-state index is 12.5. The molecule has 0 unspecified atom stereocenters. The van der Waals surface area contributed by atoms with Crippen molar-refractivity contribution in [3.8, 4) is 6.07 Å². The van der Waals surface area contributed by atoms with Gasteiger partial charge in [-0.3, -0.25) is 0 Å². The highest BCUT2D eigenvalue weighted by Gasteiger charge is 2.31. The summed E-state index contributed by atoms with van der Waals surface area (Å²) in [6.45, 7) is 1.10. The molecule has 0 fully saturated rings. The summed E-state index contributed by atoms with van der Waals surface area (Å²) in [5.41, 5.74) is 6.54. The molecule has 2 aromatic heterocycles. The number of nitrogen functional groups attached to an aromatic ring is 1. The van der Waals surface area contributed by atoms with Crippen LogP contribution < -0.4 is 10.6 Å². The Hall–Kier alpha value is -2.27. The van der Waals surface area contributed by atoms with Crippen LogP contribution in [0.5, 0.6) is 0 Å². The van der Waals surface area contributed by atoms with Gasteiger partial charge in [-0.15, -0.1) is 11.3 Å². The summed E-state index contributed by atoms with van der Waals surface area (Å²) in [6.07, 6.45) is -2.91. The lowest BCUT2D eigenvalue weighted by atomic mass is 10.0. The number of hydrogen-bond donors (Lipinski definition) is 1. The van der Waals surface area contributed by atoms with Gasteiger partial charge in [0.25, 0.3) is 0 Å². The van der Waals surface area contributed by atoms with E-state index < -0.39 is 11.7 Å². The van der Waals surface area contributed by atoms with Crippen LogP contribution in [0, 0.1) is 11.3 Å². The molecule has 0 bridgehead atoms. The average Bonchev–Trinajstić information content (AvgIpc) is 2.80. The van der Waals surface area contributed by atoms with Crippen LogP contribution in [0.3, 0.4) is 0 Å². The zero-order valence-electron chi connectivity index (χ0n) is 11.3. The molecule has 3 heterocycles. The van der Waals surface area contributed by atoms with Gasteiger partial charge >= 0.3 is 6.18 Å². The van der Waals surface area contributed by atoms with Gasteiger partial charge in [0.15, 0.2) is 0 Å². The van der Waals surface area contributed by atoms with Crippen molar-refractivity contribution >= 4 is 22.2 Å². The smallest absolute Gasteiger partial charge is 0.389 e. The number of rotatable bonds is 1. The molecule has 114 valence electrons. The van der Waals surface area contributed by atoms with Crippen molar-refractivity contribution in [3.63, 3.8) is 0 Å². The lowest BCUT2D eigenvalue weighted by Gasteiger charge is -2.28. The molecule has 0 atom stereocenters. The minimum absolute atomic E-state index is 0.490. The van der Waals surface area contributed by atoms with Crippen molar-refractivity contribution in [2.75, 3.05) is 17.2 Å². The standard InChI is InChI=1S/C14H11F3N4S/c15-14(16,17)8-1-2-12(20-6-8)21-4-3-9-10(5-18)13(19)22-11(9)7-21/h1-2,6H,3-4,7,19H2. The van der Waals surface area contributed by atoms with Crippen molar-refractivity contribution in [1.29, 1.82) is 5.26 Å². The second kappa shape index (κ2) is 5.18. The van der Waals surface area contributed by atoms with E-state index in [0.29, 0.717) is 35.9 Å². The number of thiophene rings is 1. The van der Waals surface area contributed by atoms with E-state index in [-0.39, 0.29) is 0 Å². The van der Waals surface area contributed by atoms with Gasteiger partial charge in [0.2, 0.25) is 0 Å². The number of nitriles is 1. The van der Waals surface area contributed by atoms with Crippen molar-refractivity contribution in [2.24, 2.45) is 0 Å². The highest BCUT2D eigenvalue weighted by molar-refractivity contribution is 7.16. The van der Waals surface area contributed by atoms with Crippen LogP contribution in [0.1, 0.15) is 21.6 Å². The molecule has 0 aromatic carbocycles. The van der Waals surface area contributed by atoms with Crippen LogP contribution in [0.4, 0.5) is 24.0 Å². The predicted molar refractivity (Wildman–Crippen MR) is 77.4 cm³/mol. The molecule has 0 saturated carbocycles. The van der Waals surface area contributed by atoms with E-state index in [2.05, 4.69) is 11.1 Å². The summed E-state index contributed by atoms with van der Waals surface area (Å²) in [5, 5.41) is 9.59. The summed E-state index contributed by atoms with van der Waals surface area (Å²) < 4.78 is 37.6. The molecule has 0 amide bonds. The topological polar surface area (TPSA) is 65.9 Å². The molecule has 0 aliphatic carbocycles. The van der Waals surface area contributed by atoms with Gasteiger partial charge in [-0.1, -0.05) is 0 Å². The number of fused-ring (bicyclic) bond motifs is 1. The first-order chi connectivity index (χ1) is 10.4. The van der Waals surface area contributed by atoms with Gasteiger partial charge in [0, 0.05) is 17.6 Å². The number of halogens is 3. The summed E-state index contributed by atoms with van der Waals surface area (Å²) in [5.74, 6) is 0.490. The van der Waals surface area contributed by atoms with Gasteiger partial charge in [-0.25, -0.2) is 4.98 Å². The molecule has 22 heavy (non-hydrogen) atoms. The van der Waals surface area contributed by atoms with Crippen LogP contribution in [0.25, 0.3) is 0 Å². The van der Waals surface area contributed by atoms with E-state index in [9.17, 15) is 13.2 Å². The summed E-state index contributed by atoms with van der Waals surface area (Å²) in [7, 11) is 0. The van der Waals surface area contributed by atoms with Crippen molar-refractivity contribution in [2.45, 2.75) is 19.1 Å². The van der Waals surface area contributed by atoms with Crippen LogP contribution in [0.15, 0.2) is 18.3 Å². The van der Waals surface area contributed by atoms with Gasteiger partial charge in [-0.2, -0.15) is 18.4 Å². The number of nitrogens with two attached hydrogens (primary N) is 1. The van der Waals surface area contributed by atoms with E-state index in [1.807, 2.05) is 4.90 Å². The van der Waals surface area contributed by atoms with Crippen LogP contribution in [0.2, 0.25) is 0 Å². The van der Waals surface area contributed by atoms with E-state index in [4.69, 9.17) is 11.0 Å². The first-order valence-electron chi connectivity index (χ1n) is 6.48. The highest BCUT2D eigenvalue weighted by atomic mass is 32.1. The third-order valence-electron chi connectivity index (χ3n) is 3.60. The van der Waals surface area contributed by atoms with E-state index >= 15 is 0 Å². The van der Waals surface area contributed by atoms with Crippen molar-refractivity contribution in [3.05, 3.63) is 39.9 Å². The quantitative estimate of drug-likeness (QED) is 0.875. The SMILES string of the molecule is N#Cc1c(N)sc2c1CCN(c1ccc(C(F)(F)F)cn1)C2. The first-order valence-corrected chi connectivity index (χ1v) is 7.30. The maximum absolute atomic E-state index is 12.5. The Morgan fingerprint density at radius 3 is 2.73 bits per heavy atom. The molecule has 0 spiro atoms. The number of aromatic nitrogens is 1. The second-order valence-corrected chi connectivity index (χ2v) is 6.07. The van der Waals surface area contributed by atoms with E-state index in [1.165, 1.54) is 17.4 Å². The zero-order valence-corrected chi connectivity index (χ0v) is 12.1. The number of anilines is 2. The number of pyridine rings is 1. The Kier molecular flexibility index (Phi) is 3.45. The Bertz CT molecular complexity index is 743. The molecular weight excluding hydrogens is 313 g/mol. The fourth-order valence-corrected chi connectivity index (χ4v) is 3.57. The van der Waals surface area contributed by atoms with Crippen molar-refractivity contribution in [1.82, 2.24) is 4.98 Å². The molecule has 2 aromatic rings. The van der Waals surface area contributed by atoms with E-state index in [0.717, 1.165) is 22.7 Å². The van der Waals surface area contributed by atoms with Gasteiger partial charge in [0.05, 0.1) is 17.7 Å². The minimum Gasteiger partial charge on any atom is -0.389 e. The largest absolute Gasteiger partial charge is 0.417 e. The maximum Gasteiger partial charge on any atom is 0.417 e. The number of alkyl halides is 3. The average molecular weight is 324 g/mol. The summed E-state index contributed by atoms with van der Waals surface area (Å²) in [6, 6.07) is 4.51. The molecule has 8 heteroatoms. The van der Waals surface area contributed by atoms with Crippen LogP contribution in [-0.4, -0.2) is 11.5 Å². The van der Waals surface area contributed by atoms with Crippen LogP contribution >= 0.6 is 11.3 Å². The lowest BCUT2D eigenvalue weighted by Crippen LogP contribution is -2.30. The molecule has 0 radical (unpaired) electrons. The highest BCUT2D eigenvalue weighted by Crippen LogP contribution is 2.36. The molecule has 4 nitrogen and oxygen atoms in total. The molecule has 1 aliphatic heterocycles. The molecule has 2 N–H and O–H groups in total.